The highest BCUT2D eigenvalue weighted by Crippen LogP contribution is 2.30. The highest BCUT2D eigenvalue weighted by molar-refractivity contribution is 14.1. The maximum absolute atomic E-state index is 5.28. The van der Waals surface area contributed by atoms with Crippen molar-refractivity contribution in [1.29, 1.82) is 0 Å². The summed E-state index contributed by atoms with van der Waals surface area (Å²) in [6.07, 6.45) is 1.35. The number of hydrogen-bond acceptors (Lipinski definition) is 3. The minimum atomic E-state index is 0.546. The van der Waals surface area contributed by atoms with E-state index in [0.29, 0.717) is 5.89 Å². The smallest absolute Gasteiger partial charge is 0.248 e. The standard InChI is InChI=1S/C14H9IN2O/c15-11-7-5-10(6-8-11)12-3-1-2-4-13(12)14-17-16-9-18-14/h1-9H. The van der Waals surface area contributed by atoms with E-state index in [-0.39, 0.29) is 0 Å². The molecule has 3 rings (SSSR count). The molecule has 88 valence electrons. The van der Waals surface area contributed by atoms with E-state index in [2.05, 4.69) is 63.1 Å². The lowest BCUT2D eigenvalue weighted by Crippen LogP contribution is -1.85. The van der Waals surface area contributed by atoms with Gasteiger partial charge >= 0.3 is 0 Å². The lowest BCUT2D eigenvalue weighted by molar-refractivity contribution is 0.569. The first-order valence-electron chi connectivity index (χ1n) is 5.46. The molecule has 0 saturated heterocycles. The Bertz CT molecular complexity index is 648. The Morgan fingerprint density at radius 1 is 0.889 bits per heavy atom. The Kier molecular flexibility index (Phi) is 3.10. The van der Waals surface area contributed by atoms with Crippen LogP contribution in [0.25, 0.3) is 22.6 Å². The molecule has 0 aliphatic carbocycles. The monoisotopic (exact) mass is 348 g/mol. The van der Waals surface area contributed by atoms with E-state index >= 15 is 0 Å². The molecule has 1 heterocycles. The highest BCUT2D eigenvalue weighted by atomic mass is 127. The van der Waals surface area contributed by atoms with Gasteiger partial charge in [0.15, 0.2) is 0 Å². The highest BCUT2D eigenvalue weighted by Gasteiger charge is 2.10. The lowest BCUT2D eigenvalue weighted by atomic mass is 10.00. The number of hydrogen-bond donors (Lipinski definition) is 0. The summed E-state index contributed by atoms with van der Waals surface area (Å²) in [6, 6.07) is 16.4. The maximum Gasteiger partial charge on any atom is 0.248 e. The van der Waals surface area contributed by atoms with Crippen LogP contribution in [0.5, 0.6) is 0 Å². The molecule has 0 radical (unpaired) electrons. The maximum atomic E-state index is 5.28. The van der Waals surface area contributed by atoms with Gasteiger partial charge in [0.2, 0.25) is 12.3 Å². The number of aromatic nitrogens is 2. The Balaban J connectivity index is 2.15. The summed E-state index contributed by atoms with van der Waals surface area (Å²) in [6.45, 7) is 0. The van der Waals surface area contributed by atoms with Crippen molar-refractivity contribution in [2.75, 3.05) is 0 Å². The van der Waals surface area contributed by atoms with E-state index in [1.165, 1.54) is 9.96 Å². The molecule has 4 heteroatoms. The van der Waals surface area contributed by atoms with Crippen LogP contribution in [0, 0.1) is 3.57 Å². The fourth-order valence-corrected chi connectivity index (χ4v) is 2.20. The van der Waals surface area contributed by atoms with Crippen LogP contribution < -0.4 is 0 Å². The van der Waals surface area contributed by atoms with E-state index in [1.54, 1.807) is 0 Å². The molecule has 0 amide bonds. The normalized spacial score (nSPS) is 10.5. The van der Waals surface area contributed by atoms with Crippen LogP contribution in [0.15, 0.2) is 59.3 Å². The van der Waals surface area contributed by atoms with Gasteiger partial charge in [0.05, 0.1) is 0 Å². The number of benzene rings is 2. The van der Waals surface area contributed by atoms with Gasteiger partial charge in [0.1, 0.15) is 0 Å². The van der Waals surface area contributed by atoms with Crippen LogP contribution in [0.2, 0.25) is 0 Å². The third-order valence-electron chi connectivity index (χ3n) is 2.67. The van der Waals surface area contributed by atoms with Gasteiger partial charge in [0, 0.05) is 9.13 Å². The summed E-state index contributed by atoms with van der Waals surface area (Å²) >= 11 is 2.29. The fourth-order valence-electron chi connectivity index (χ4n) is 1.84. The molecule has 0 unspecified atom stereocenters. The van der Waals surface area contributed by atoms with E-state index in [0.717, 1.165) is 16.7 Å². The molecule has 0 aliphatic heterocycles. The van der Waals surface area contributed by atoms with Crippen LogP contribution in [0.1, 0.15) is 0 Å². The molecule has 2 aromatic carbocycles. The van der Waals surface area contributed by atoms with Crippen molar-refractivity contribution >= 4 is 22.6 Å². The molecule has 3 nitrogen and oxygen atoms in total. The largest absolute Gasteiger partial charge is 0.423 e. The molecular weight excluding hydrogens is 339 g/mol. The van der Waals surface area contributed by atoms with Crippen molar-refractivity contribution in [3.05, 3.63) is 58.5 Å². The number of halogens is 1. The van der Waals surface area contributed by atoms with E-state index in [9.17, 15) is 0 Å². The van der Waals surface area contributed by atoms with E-state index in [4.69, 9.17) is 4.42 Å². The number of rotatable bonds is 2. The molecule has 0 fully saturated rings. The lowest BCUT2D eigenvalue weighted by Gasteiger charge is -2.06. The molecular formula is C14H9IN2O. The third kappa shape index (κ3) is 2.15. The summed E-state index contributed by atoms with van der Waals surface area (Å²) in [4.78, 5) is 0. The van der Waals surface area contributed by atoms with Gasteiger partial charge in [-0.2, -0.15) is 0 Å². The van der Waals surface area contributed by atoms with Crippen molar-refractivity contribution in [2.24, 2.45) is 0 Å². The first-order valence-corrected chi connectivity index (χ1v) is 6.54. The minimum absolute atomic E-state index is 0.546. The second kappa shape index (κ2) is 4.89. The molecule has 0 spiro atoms. The van der Waals surface area contributed by atoms with Gasteiger partial charge in [-0.05, 0) is 51.9 Å². The van der Waals surface area contributed by atoms with E-state index < -0.39 is 0 Å². The van der Waals surface area contributed by atoms with E-state index in [1.807, 2.05) is 18.2 Å². The second-order valence-corrected chi connectivity index (χ2v) is 5.04. The first-order chi connectivity index (χ1) is 8.84. The molecule has 0 bridgehead atoms. The van der Waals surface area contributed by atoms with Crippen molar-refractivity contribution in [3.8, 4) is 22.6 Å². The topological polar surface area (TPSA) is 38.9 Å². The van der Waals surface area contributed by atoms with Crippen LogP contribution in [0.4, 0.5) is 0 Å². The quantitative estimate of drug-likeness (QED) is 0.657. The molecule has 0 atom stereocenters. The van der Waals surface area contributed by atoms with Crippen LogP contribution >= 0.6 is 22.6 Å². The summed E-state index contributed by atoms with van der Waals surface area (Å²) in [5.41, 5.74) is 3.19. The Hall–Kier alpha value is -1.69. The first kappa shape index (κ1) is 11.4. The Morgan fingerprint density at radius 3 is 2.28 bits per heavy atom. The zero-order chi connectivity index (χ0) is 12.4. The Morgan fingerprint density at radius 2 is 1.61 bits per heavy atom. The Labute approximate surface area is 118 Å². The van der Waals surface area contributed by atoms with Gasteiger partial charge in [-0.3, -0.25) is 0 Å². The van der Waals surface area contributed by atoms with Crippen molar-refractivity contribution in [3.63, 3.8) is 0 Å². The predicted octanol–water partition coefficient (Wildman–Crippen LogP) is 4.01. The van der Waals surface area contributed by atoms with Gasteiger partial charge in [0.25, 0.3) is 0 Å². The SMILES string of the molecule is Ic1ccc(-c2ccccc2-c2nnco2)cc1. The molecule has 1 aromatic heterocycles. The zero-order valence-electron chi connectivity index (χ0n) is 9.38. The van der Waals surface area contributed by atoms with Crippen LogP contribution in [-0.2, 0) is 0 Å². The van der Waals surface area contributed by atoms with Crippen molar-refractivity contribution in [2.45, 2.75) is 0 Å². The van der Waals surface area contributed by atoms with Crippen LogP contribution in [0.3, 0.4) is 0 Å². The van der Waals surface area contributed by atoms with Crippen LogP contribution in [-0.4, -0.2) is 10.2 Å². The third-order valence-corrected chi connectivity index (χ3v) is 3.39. The zero-order valence-corrected chi connectivity index (χ0v) is 11.5. The van der Waals surface area contributed by atoms with Gasteiger partial charge < -0.3 is 4.42 Å². The number of nitrogens with zero attached hydrogens (tertiary/aromatic N) is 2. The average Bonchev–Trinajstić information content (AvgIpc) is 2.93. The molecule has 0 aliphatic rings. The average molecular weight is 348 g/mol. The molecule has 0 saturated carbocycles. The summed E-state index contributed by atoms with van der Waals surface area (Å²) < 4.78 is 6.50. The van der Waals surface area contributed by atoms with Gasteiger partial charge in [-0.25, -0.2) is 0 Å². The predicted molar refractivity (Wildman–Crippen MR) is 77.9 cm³/mol. The second-order valence-electron chi connectivity index (χ2n) is 3.80. The molecule has 0 N–H and O–H groups in total. The minimum Gasteiger partial charge on any atom is -0.423 e. The van der Waals surface area contributed by atoms with Gasteiger partial charge in [-0.15, -0.1) is 10.2 Å². The molecule has 18 heavy (non-hydrogen) atoms. The van der Waals surface area contributed by atoms with Crippen molar-refractivity contribution < 1.29 is 4.42 Å². The summed E-state index contributed by atoms with van der Waals surface area (Å²) in [7, 11) is 0. The van der Waals surface area contributed by atoms with Gasteiger partial charge in [-0.1, -0.05) is 30.3 Å². The van der Waals surface area contributed by atoms with Crippen molar-refractivity contribution in [1.82, 2.24) is 10.2 Å². The fraction of sp³-hybridized carbons (Fsp3) is 0. The summed E-state index contributed by atoms with van der Waals surface area (Å²) in [5, 5.41) is 7.70. The molecule has 3 aromatic rings. The summed E-state index contributed by atoms with van der Waals surface area (Å²) in [5.74, 6) is 0.546.